The van der Waals surface area contributed by atoms with Crippen LogP contribution in [0.1, 0.15) is 92.3 Å². The first-order valence-corrected chi connectivity index (χ1v) is 12.4. The second kappa shape index (κ2) is 10.8. The van der Waals surface area contributed by atoms with Gasteiger partial charge < -0.3 is 5.11 Å². The van der Waals surface area contributed by atoms with Crippen LogP contribution in [0.5, 0.6) is 0 Å². The molecule has 174 valence electrons. The third-order valence-corrected chi connectivity index (χ3v) is 7.05. The summed E-state index contributed by atoms with van der Waals surface area (Å²) in [5, 5.41) is 14.4. The number of carboxylic acids is 1. The highest BCUT2D eigenvalue weighted by atomic mass is 16.4. The van der Waals surface area contributed by atoms with Gasteiger partial charge in [-0.25, -0.2) is 14.5 Å². The molecule has 1 unspecified atom stereocenters. The fraction of sp³-hybridized carbons (Fsp3) is 0.464. The molecule has 1 aliphatic carbocycles. The van der Waals surface area contributed by atoms with Crippen LogP contribution in [0, 0.1) is 5.92 Å². The first kappa shape index (κ1) is 23.2. The van der Waals surface area contributed by atoms with Crippen LogP contribution in [0.2, 0.25) is 0 Å². The van der Waals surface area contributed by atoms with E-state index in [-0.39, 0.29) is 0 Å². The van der Waals surface area contributed by atoms with Gasteiger partial charge in [-0.1, -0.05) is 88.4 Å². The summed E-state index contributed by atoms with van der Waals surface area (Å²) in [6.45, 7) is 5.09. The van der Waals surface area contributed by atoms with Gasteiger partial charge >= 0.3 is 5.97 Å². The Bertz CT molecular complexity index is 1070. The number of nitrogens with zero attached hydrogens (tertiary/aromatic N) is 3. The minimum Gasteiger partial charge on any atom is -0.478 e. The smallest absolute Gasteiger partial charge is 0.336 e. The monoisotopic (exact) mass is 445 g/mol. The summed E-state index contributed by atoms with van der Waals surface area (Å²) in [4.78, 5) is 16.5. The molecule has 5 heteroatoms. The Kier molecular flexibility index (Phi) is 7.58. The largest absolute Gasteiger partial charge is 0.478 e. The van der Waals surface area contributed by atoms with Gasteiger partial charge in [-0.05, 0) is 41.5 Å². The van der Waals surface area contributed by atoms with E-state index in [0.29, 0.717) is 18.0 Å². The van der Waals surface area contributed by atoms with Gasteiger partial charge in [0.05, 0.1) is 12.1 Å². The van der Waals surface area contributed by atoms with E-state index in [1.54, 1.807) is 12.1 Å². The second-order valence-corrected chi connectivity index (χ2v) is 9.44. The lowest BCUT2D eigenvalue weighted by Gasteiger charge is -2.20. The minimum atomic E-state index is -0.906. The molecule has 3 aromatic rings. The molecule has 1 aliphatic rings. The predicted molar refractivity (Wildman–Crippen MR) is 132 cm³/mol. The lowest BCUT2D eigenvalue weighted by Crippen LogP contribution is -2.10. The second-order valence-electron chi connectivity index (χ2n) is 9.44. The molecule has 0 spiro atoms. The van der Waals surface area contributed by atoms with Crippen LogP contribution in [0.4, 0.5) is 0 Å². The Morgan fingerprint density at radius 3 is 2.52 bits per heavy atom. The van der Waals surface area contributed by atoms with Crippen molar-refractivity contribution >= 4 is 5.97 Å². The predicted octanol–water partition coefficient (Wildman–Crippen LogP) is 6.72. The van der Waals surface area contributed by atoms with Crippen molar-refractivity contribution in [3.63, 3.8) is 0 Å². The van der Waals surface area contributed by atoms with Crippen molar-refractivity contribution in [3.8, 4) is 11.1 Å². The molecule has 33 heavy (non-hydrogen) atoms. The molecule has 1 N–H and O–H groups in total. The number of aromatic carboxylic acids is 1. The third kappa shape index (κ3) is 5.70. The van der Waals surface area contributed by atoms with Crippen LogP contribution in [0.25, 0.3) is 11.1 Å². The van der Waals surface area contributed by atoms with Crippen LogP contribution in [0.15, 0.2) is 48.5 Å². The standard InChI is InChI=1S/C28H35N3O2/c1-3-20(2)27-29-26(18-15-21-9-5-4-6-10-21)30-31(27)19-22-13-16-23(17-14-22)24-11-7-8-12-25(24)28(32)33/h7-8,11-14,16-17,20-21H,3-6,9-10,15,18-19H2,1-2H3,(H,32,33). The van der Waals surface area contributed by atoms with E-state index in [1.165, 1.54) is 38.5 Å². The molecule has 0 aliphatic heterocycles. The zero-order chi connectivity index (χ0) is 23.2. The Morgan fingerprint density at radius 1 is 1.09 bits per heavy atom. The van der Waals surface area contributed by atoms with Gasteiger partial charge in [0.25, 0.3) is 0 Å². The molecule has 0 saturated heterocycles. The van der Waals surface area contributed by atoms with E-state index in [9.17, 15) is 9.90 Å². The maximum atomic E-state index is 11.6. The zero-order valence-corrected chi connectivity index (χ0v) is 19.8. The Hall–Kier alpha value is -2.95. The number of rotatable bonds is 9. The lowest BCUT2D eigenvalue weighted by atomic mass is 9.86. The molecule has 1 fully saturated rings. The van der Waals surface area contributed by atoms with Gasteiger partial charge in [0.1, 0.15) is 5.82 Å². The average molecular weight is 446 g/mol. The van der Waals surface area contributed by atoms with Crippen LogP contribution < -0.4 is 0 Å². The first-order valence-electron chi connectivity index (χ1n) is 12.4. The number of benzene rings is 2. The molecule has 4 rings (SSSR count). The van der Waals surface area contributed by atoms with Gasteiger partial charge in [0, 0.05) is 12.3 Å². The summed E-state index contributed by atoms with van der Waals surface area (Å²) in [6, 6.07) is 15.3. The third-order valence-electron chi connectivity index (χ3n) is 7.05. The summed E-state index contributed by atoms with van der Waals surface area (Å²) in [5.41, 5.74) is 3.11. The quantitative estimate of drug-likeness (QED) is 0.397. The van der Waals surface area contributed by atoms with Crippen molar-refractivity contribution in [3.05, 3.63) is 71.3 Å². The van der Waals surface area contributed by atoms with Gasteiger partial charge in [-0.2, -0.15) is 5.10 Å². The molecule has 1 aromatic heterocycles. The molecule has 1 atom stereocenters. The normalized spacial score (nSPS) is 15.5. The van der Waals surface area contributed by atoms with E-state index >= 15 is 0 Å². The van der Waals surface area contributed by atoms with Gasteiger partial charge in [0.2, 0.25) is 0 Å². The molecular weight excluding hydrogens is 410 g/mol. The molecule has 5 nitrogen and oxygen atoms in total. The van der Waals surface area contributed by atoms with E-state index in [1.807, 2.05) is 24.3 Å². The molecule has 0 radical (unpaired) electrons. The van der Waals surface area contributed by atoms with Crippen molar-refractivity contribution in [1.82, 2.24) is 14.8 Å². The van der Waals surface area contributed by atoms with E-state index in [4.69, 9.17) is 10.1 Å². The molecule has 0 amide bonds. The average Bonchev–Trinajstić information content (AvgIpc) is 3.26. The maximum Gasteiger partial charge on any atom is 0.336 e. The van der Waals surface area contributed by atoms with Crippen LogP contribution in [0.3, 0.4) is 0 Å². The summed E-state index contributed by atoms with van der Waals surface area (Å²) in [5.74, 6) is 2.33. The number of hydrogen-bond donors (Lipinski definition) is 1. The highest BCUT2D eigenvalue weighted by Crippen LogP contribution is 2.28. The highest BCUT2D eigenvalue weighted by molar-refractivity contribution is 5.95. The number of aryl methyl sites for hydroxylation is 1. The van der Waals surface area contributed by atoms with Crippen LogP contribution >= 0.6 is 0 Å². The Labute approximate surface area is 196 Å². The molecule has 0 bridgehead atoms. The van der Waals surface area contributed by atoms with Crippen molar-refractivity contribution < 1.29 is 9.90 Å². The fourth-order valence-electron chi connectivity index (χ4n) is 4.87. The van der Waals surface area contributed by atoms with Crippen molar-refractivity contribution in [2.24, 2.45) is 5.92 Å². The van der Waals surface area contributed by atoms with Crippen LogP contribution in [-0.2, 0) is 13.0 Å². The summed E-state index contributed by atoms with van der Waals surface area (Å²) in [7, 11) is 0. The van der Waals surface area contributed by atoms with Crippen LogP contribution in [-0.4, -0.2) is 25.8 Å². The fourth-order valence-corrected chi connectivity index (χ4v) is 4.87. The van der Waals surface area contributed by atoms with Crippen molar-refractivity contribution in [2.45, 2.75) is 77.7 Å². The van der Waals surface area contributed by atoms with E-state index in [2.05, 4.69) is 30.7 Å². The van der Waals surface area contributed by atoms with Gasteiger partial charge in [-0.15, -0.1) is 0 Å². The van der Waals surface area contributed by atoms with Gasteiger partial charge in [0.15, 0.2) is 5.82 Å². The summed E-state index contributed by atoms with van der Waals surface area (Å²) in [6.07, 6.45) is 10.0. The number of carboxylic acid groups (broad SMARTS) is 1. The molecule has 2 aromatic carbocycles. The highest BCUT2D eigenvalue weighted by Gasteiger charge is 2.18. The Morgan fingerprint density at radius 2 is 1.82 bits per heavy atom. The minimum absolute atomic E-state index is 0.322. The first-order chi connectivity index (χ1) is 16.0. The van der Waals surface area contributed by atoms with Crippen molar-refractivity contribution in [1.29, 1.82) is 0 Å². The SMILES string of the molecule is CCC(C)c1nc(CCC2CCCCC2)nn1Cc1ccc(-c2ccccc2C(=O)O)cc1. The molecular formula is C28H35N3O2. The number of hydrogen-bond acceptors (Lipinski definition) is 3. The number of aromatic nitrogens is 3. The zero-order valence-electron chi connectivity index (χ0n) is 19.8. The molecule has 1 saturated carbocycles. The van der Waals surface area contributed by atoms with Crippen molar-refractivity contribution in [2.75, 3.05) is 0 Å². The molecule has 1 heterocycles. The topological polar surface area (TPSA) is 68.0 Å². The number of carbonyl (C=O) groups is 1. The van der Waals surface area contributed by atoms with Gasteiger partial charge in [-0.3, -0.25) is 0 Å². The maximum absolute atomic E-state index is 11.6. The summed E-state index contributed by atoms with van der Waals surface area (Å²) < 4.78 is 2.07. The van der Waals surface area contributed by atoms with E-state index in [0.717, 1.165) is 47.1 Å². The lowest BCUT2D eigenvalue weighted by molar-refractivity contribution is 0.0697. The Balaban J connectivity index is 1.50. The summed E-state index contributed by atoms with van der Waals surface area (Å²) >= 11 is 0. The van der Waals surface area contributed by atoms with E-state index < -0.39 is 5.97 Å².